The van der Waals surface area contributed by atoms with Gasteiger partial charge in [-0.05, 0) is 30.4 Å². The number of hydrogen-bond donors (Lipinski definition) is 1. The summed E-state index contributed by atoms with van der Waals surface area (Å²) >= 11 is 0. The minimum absolute atomic E-state index is 0.0912. The van der Waals surface area contributed by atoms with Crippen LogP contribution in [0, 0.1) is 0 Å². The Kier molecular flexibility index (Phi) is 6.58. The Labute approximate surface area is 186 Å². The molecule has 1 aromatic carbocycles. The summed E-state index contributed by atoms with van der Waals surface area (Å²) in [5.41, 5.74) is 2.53. The van der Waals surface area contributed by atoms with E-state index in [-0.39, 0.29) is 5.91 Å². The minimum Gasteiger partial charge on any atom is -0.338 e. The van der Waals surface area contributed by atoms with Gasteiger partial charge in [0.1, 0.15) is 5.82 Å². The summed E-state index contributed by atoms with van der Waals surface area (Å²) in [5.74, 6) is 0.786. The Morgan fingerprint density at radius 1 is 1.06 bits per heavy atom. The predicted octanol–water partition coefficient (Wildman–Crippen LogP) is 2.61. The maximum absolute atomic E-state index is 13.0. The number of aryl methyl sites for hydroxylation is 3. The van der Waals surface area contributed by atoms with Gasteiger partial charge in [0.25, 0.3) is 5.56 Å². The van der Waals surface area contributed by atoms with Crippen LogP contribution in [0.15, 0.2) is 33.9 Å². The van der Waals surface area contributed by atoms with Gasteiger partial charge in [0.2, 0.25) is 5.91 Å². The molecule has 0 spiro atoms. The number of benzene rings is 1. The van der Waals surface area contributed by atoms with Crippen LogP contribution in [0.4, 0.5) is 0 Å². The Hall–Kier alpha value is -3.16. The van der Waals surface area contributed by atoms with Gasteiger partial charge < -0.3 is 9.47 Å². The van der Waals surface area contributed by atoms with Crippen molar-refractivity contribution in [1.82, 2.24) is 24.0 Å². The molecule has 0 unspecified atom stereocenters. The number of imidazole rings is 1. The Bertz CT molecular complexity index is 1240. The van der Waals surface area contributed by atoms with Crippen molar-refractivity contribution in [2.75, 3.05) is 6.54 Å². The number of carbonyl (C=O) groups is 1. The number of nitrogens with zero attached hydrogens (tertiary/aromatic N) is 4. The lowest BCUT2D eigenvalue weighted by Gasteiger charge is -2.29. The molecule has 1 N–H and O–H groups in total. The molecule has 0 saturated heterocycles. The van der Waals surface area contributed by atoms with Gasteiger partial charge in [-0.2, -0.15) is 0 Å². The molecule has 8 heteroatoms. The van der Waals surface area contributed by atoms with E-state index in [4.69, 9.17) is 4.98 Å². The van der Waals surface area contributed by atoms with Gasteiger partial charge in [0.15, 0.2) is 11.2 Å². The highest BCUT2D eigenvalue weighted by atomic mass is 16.2. The number of unbranched alkanes of at least 4 members (excludes halogenated alkanes) is 1. The quantitative estimate of drug-likeness (QED) is 0.586. The summed E-state index contributed by atoms with van der Waals surface area (Å²) in [5, 5.41) is 0. The molecule has 170 valence electrons. The molecule has 2 aromatic heterocycles. The van der Waals surface area contributed by atoms with E-state index >= 15 is 0 Å². The summed E-state index contributed by atoms with van der Waals surface area (Å²) < 4.78 is 3.44. The van der Waals surface area contributed by atoms with Gasteiger partial charge in [-0.1, -0.05) is 44.5 Å². The molecule has 1 aliphatic rings. The molecular formula is C24H31N5O3. The highest BCUT2D eigenvalue weighted by Crippen LogP contribution is 2.20. The number of hydrogen-bond acceptors (Lipinski definition) is 4. The SMILES string of the molecule is CCCCn1c(CCC(=O)N2CCc3ccccc3C2)nc2c1c(=O)[nH]c(=O)n2CCC. The Morgan fingerprint density at radius 3 is 2.59 bits per heavy atom. The van der Waals surface area contributed by atoms with Crippen molar-refractivity contribution in [3.05, 3.63) is 62.1 Å². The molecule has 0 bridgehead atoms. The molecule has 0 saturated carbocycles. The van der Waals surface area contributed by atoms with Crippen LogP contribution in [-0.2, 0) is 37.3 Å². The van der Waals surface area contributed by atoms with Gasteiger partial charge in [-0.3, -0.25) is 19.1 Å². The zero-order valence-electron chi connectivity index (χ0n) is 18.9. The van der Waals surface area contributed by atoms with Gasteiger partial charge in [-0.15, -0.1) is 0 Å². The first kappa shape index (κ1) is 22.0. The van der Waals surface area contributed by atoms with E-state index in [2.05, 4.69) is 24.0 Å². The maximum atomic E-state index is 13.0. The summed E-state index contributed by atoms with van der Waals surface area (Å²) in [6, 6.07) is 8.26. The smallest absolute Gasteiger partial charge is 0.330 e. The van der Waals surface area contributed by atoms with Gasteiger partial charge in [0.05, 0.1) is 0 Å². The third-order valence-electron chi connectivity index (χ3n) is 6.19. The number of nitrogens with one attached hydrogen (secondary N) is 1. The maximum Gasteiger partial charge on any atom is 0.330 e. The lowest BCUT2D eigenvalue weighted by molar-refractivity contribution is -0.132. The lowest BCUT2D eigenvalue weighted by atomic mass is 9.99. The van der Waals surface area contributed by atoms with Crippen molar-refractivity contribution in [1.29, 1.82) is 0 Å². The van der Waals surface area contributed by atoms with Crippen molar-refractivity contribution in [2.45, 2.75) is 72.0 Å². The second kappa shape index (κ2) is 9.54. The summed E-state index contributed by atoms with van der Waals surface area (Å²) in [6.07, 6.45) is 4.25. The molecular weight excluding hydrogens is 406 g/mol. The van der Waals surface area contributed by atoms with Crippen molar-refractivity contribution < 1.29 is 4.79 Å². The molecule has 0 aliphatic carbocycles. The van der Waals surface area contributed by atoms with Crippen LogP contribution >= 0.6 is 0 Å². The lowest BCUT2D eigenvalue weighted by Crippen LogP contribution is -2.36. The van der Waals surface area contributed by atoms with Crippen LogP contribution in [0.1, 0.15) is 56.5 Å². The fourth-order valence-electron chi connectivity index (χ4n) is 4.48. The summed E-state index contributed by atoms with van der Waals surface area (Å²) in [4.78, 5) is 47.0. The predicted molar refractivity (Wildman–Crippen MR) is 124 cm³/mol. The van der Waals surface area contributed by atoms with E-state index in [1.54, 1.807) is 0 Å². The standard InChI is InChI=1S/C24H31N5O3/c1-3-5-14-28-19(25-22-21(28)23(31)26-24(32)29(22)13-4-2)10-11-20(30)27-15-12-17-8-6-7-9-18(17)16-27/h6-9H,3-5,10-16H2,1-2H3,(H,26,31,32). The molecule has 0 fully saturated rings. The normalized spacial score (nSPS) is 13.5. The zero-order valence-corrected chi connectivity index (χ0v) is 18.9. The summed E-state index contributed by atoms with van der Waals surface area (Å²) in [6.45, 7) is 6.56. The molecule has 8 nitrogen and oxygen atoms in total. The zero-order chi connectivity index (χ0) is 22.7. The third-order valence-corrected chi connectivity index (χ3v) is 6.19. The fourth-order valence-corrected chi connectivity index (χ4v) is 4.48. The van der Waals surface area contributed by atoms with E-state index in [0.717, 1.165) is 32.2 Å². The Morgan fingerprint density at radius 2 is 1.84 bits per heavy atom. The summed E-state index contributed by atoms with van der Waals surface area (Å²) in [7, 11) is 0. The molecule has 1 aliphatic heterocycles. The molecule has 0 atom stereocenters. The van der Waals surface area contributed by atoms with Crippen LogP contribution < -0.4 is 11.2 Å². The fraction of sp³-hybridized carbons (Fsp3) is 0.500. The number of H-pyrrole nitrogens is 1. The highest BCUT2D eigenvalue weighted by molar-refractivity contribution is 5.77. The van der Waals surface area contributed by atoms with Crippen LogP contribution in [0.5, 0.6) is 0 Å². The van der Waals surface area contributed by atoms with E-state index in [1.165, 1.54) is 15.7 Å². The van der Waals surface area contributed by atoms with Gasteiger partial charge in [-0.25, -0.2) is 9.78 Å². The molecule has 32 heavy (non-hydrogen) atoms. The van der Waals surface area contributed by atoms with Crippen LogP contribution in [0.2, 0.25) is 0 Å². The van der Waals surface area contributed by atoms with Crippen LogP contribution in [-0.4, -0.2) is 36.5 Å². The number of amides is 1. The molecule has 0 radical (unpaired) electrons. The second-order valence-electron chi connectivity index (χ2n) is 8.45. The number of carbonyl (C=O) groups excluding carboxylic acids is 1. The number of rotatable bonds is 8. The first-order chi connectivity index (χ1) is 15.5. The average Bonchev–Trinajstić information content (AvgIpc) is 3.17. The van der Waals surface area contributed by atoms with Crippen LogP contribution in [0.25, 0.3) is 11.2 Å². The van der Waals surface area contributed by atoms with Crippen LogP contribution in [0.3, 0.4) is 0 Å². The molecule has 3 aromatic rings. The van der Waals surface area contributed by atoms with E-state index in [1.807, 2.05) is 28.5 Å². The first-order valence-electron chi connectivity index (χ1n) is 11.6. The molecule has 1 amide bonds. The molecule has 4 rings (SSSR count). The number of fused-ring (bicyclic) bond motifs is 2. The first-order valence-corrected chi connectivity index (χ1v) is 11.6. The Balaban J connectivity index is 1.60. The minimum atomic E-state index is -0.431. The van der Waals surface area contributed by atoms with Crippen molar-refractivity contribution in [3.63, 3.8) is 0 Å². The monoisotopic (exact) mass is 437 g/mol. The van der Waals surface area contributed by atoms with E-state index < -0.39 is 11.2 Å². The van der Waals surface area contributed by atoms with Gasteiger partial charge in [0, 0.05) is 39.0 Å². The van der Waals surface area contributed by atoms with Crippen molar-refractivity contribution in [3.8, 4) is 0 Å². The van der Waals surface area contributed by atoms with Gasteiger partial charge >= 0.3 is 5.69 Å². The highest BCUT2D eigenvalue weighted by Gasteiger charge is 2.22. The van der Waals surface area contributed by atoms with Crippen molar-refractivity contribution in [2.24, 2.45) is 0 Å². The van der Waals surface area contributed by atoms with E-state index in [0.29, 0.717) is 49.5 Å². The second-order valence-corrected chi connectivity index (χ2v) is 8.45. The van der Waals surface area contributed by atoms with E-state index in [9.17, 15) is 14.4 Å². The van der Waals surface area contributed by atoms with Crippen molar-refractivity contribution >= 4 is 17.1 Å². The topological polar surface area (TPSA) is 93.0 Å². The largest absolute Gasteiger partial charge is 0.338 e. The third kappa shape index (κ3) is 4.26. The number of aromatic nitrogens is 4. The molecule has 3 heterocycles. The number of aromatic amines is 1. The average molecular weight is 438 g/mol.